The van der Waals surface area contributed by atoms with Crippen LogP contribution >= 0.6 is 0 Å². The molecule has 3 heterocycles. The average Bonchev–Trinajstić information content (AvgIpc) is 3.10. The van der Waals surface area contributed by atoms with Crippen LogP contribution in [0.15, 0.2) is 30.7 Å². The van der Waals surface area contributed by atoms with Gasteiger partial charge < -0.3 is 14.6 Å². The zero-order valence-corrected chi connectivity index (χ0v) is 13.7. The van der Waals surface area contributed by atoms with E-state index in [0.29, 0.717) is 11.5 Å². The van der Waals surface area contributed by atoms with Gasteiger partial charge >= 0.3 is 11.9 Å². The molecule has 1 saturated heterocycles. The maximum absolute atomic E-state index is 12.7. The number of carbonyl (C=O) groups excluding carboxylic acids is 2. The number of nitrogens with zero attached hydrogens (tertiary/aromatic N) is 5. The van der Waals surface area contributed by atoms with Crippen LogP contribution in [0.4, 0.5) is 5.82 Å². The predicted molar refractivity (Wildman–Crippen MR) is 84.4 cm³/mol. The summed E-state index contributed by atoms with van der Waals surface area (Å²) in [4.78, 5) is 36.4. The molecule has 1 fully saturated rings. The lowest BCUT2D eigenvalue weighted by atomic mass is 10.1. The molecule has 0 aliphatic carbocycles. The highest BCUT2D eigenvalue weighted by Crippen LogP contribution is 2.21. The Labute approximate surface area is 147 Å². The van der Waals surface area contributed by atoms with Gasteiger partial charge in [-0.25, -0.2) is 9.48 Å². The maximum atomic E-state index is 12.7. The van der Waals surface area contributed by atoms with E-state index in [9.17, 15) is 19.5 Å². The van der Waals surface area contributed by atoms with Crippen molar-refractivity contribution in [3.8, 4) is 5.69 Å². The molecular formula is C15H15N5O6. The van der Waals surface area contributed by atoms with E-state index < -0.39 is 30.1 Å². The van der Waals surface area contributed by atoms with E-state index in [2.05, 4.69) is 15.3 Å². The van der Waals surface area contributed by atoms with Gasteiger partial charge in [0, 0.05) is 19.2 Å². The van der Waals surface area contributed by atoms with Gasteiger partial charge in [-0.3, -0.25) is 14.5 Å². The van der Waals surface area contributed by atoms with Crippen molar-refractivity contribution < 1.29 is 29.0 Å². The predicted octanol–water partition coefficient (Wildman–Crippen LogP) is -0.590. The van der Waals surface area contributed by atoms with Gasteiger partial charge in [0.2, 0.25) is 6.10 Å². The lowest BCUT2D eigenvalue weighted by Crippen LogP contribution is -2.55. The number of carboxylic acid groups (broad SMARTS) is 1. The van der Waals surface area contributed by atoms with E-state index in [1.807, 2.05) is 0 Å². The summed E-state index contributed by atoms with van der Waals surface area (Å²) in [5, 5.41) is 21.0. The highest BCUT2D eigenvalue weighted by atomic mass is 16.6. The van der Waals surface area contributed by atoms with Crippen LogP contribution in [0.5, 0.6) is 0 Å². The smallest absolute Gasteiger partial charge is 0.348 e. The molecular weight excluding hydrogens is 346 g/mol. The lowest BCUT2D eigenvalue weighted by Gasteiger charge is -2.33. The highest BCUT2D eigenvalue weighted by Gasteiger charge is 2.43. The molecule has 1 aliphatic heterocycles. The monoisotopic (exact) mass is 361 g/mol. The number of carboxylic acids is 1. The Morgan fingerprint density at radius 2 is 2.19 bits per heavy atom. The lowest BCUT2D eigenvalue weighted by molar-refractivity contribution is -0.177. The molecule has 136 valence electrons. The number of aliphatic carboxylic acids is 1. The van der Waals surface area contributed by atoms with Crippen LogP contribution in [-0.2, 0) is 23.9 Å². The molecule has 2 aromatic rings. The quantitative estimate of drug-likeness (QED) is 0.693. The summed E-state index contributed by atoms with van der Waals surface area (Å²) in [5.74, 6) is -2.62. The van der Waals surface area contributed by atoms with Gasteiger partial charge in [-0.1, -0.05) is 0 Å². The molecule has 3 rings (SSSR count). The van der Waals surface area contributed by atoms with E-state index in [0.717, 1.165) is 6.92 Å². The van der Waals surface area contributed by atoms with Crippen molar-refractivity contribution >= 4 is 23.7 Å². The molecule has 11 nitrogen and oxygen atoms in total. The Balaban J connectivity index is 1.83. The minimum Gasteiger partial charge on any atom is -0.478 e. The SMILES string of the molecule is CC(=O)OC(C(=O)O)[C@H]1OCCN(c2ccn(-c3ccnnc3)n2)C1=O. The number of anilines is 1. The van der Waals surface area contributed by atoms with Crippen molar-refractivity contribution in [3.63, 3.8) is 0 Å². The van der Waals surface area contributed by atoms with Gasteiger partial charge in [0.05, 0.1) is 31.2 Å². The summed E-state index contributed by atoms with van der Waals surface area (Å²) >= 11 is 0. The molecule has 0 spiro atoms. The third kappa shape index (κ3) is 3.52. The standard InChI is InChI=1S/C15H15N5O6/c1-9(21)26-13(15(23)24)12-14(22)19(6-7-25-12)11-3-5-20(18-11)10-2-4-16-17-8-10/h2-5,8,12-13H,6-7H2,1H3,(H,23,24)/t12-,13?/m1/s1. The molecule has 0 saturated carbocycles. The Hall–Kier alpha value is -3.34. The van der Waals surface area contributed by atoms with Crippen LogP contribution < -0.4 is 4.90 Å². The molecule has 2 atom stereocenters. The van der Waals surface area contributed by atoms with E-state index in [-0.39, 0.29) is 13.2 Å². The molecule has 1 N–H and O–H groups in total. The molecule has 1 aliphatic rings. The first-order valence-corrected chi connectivity index (χ1v) is 7.63. The largest absolute Gasteiger partial charge is 0.478 e. The van der Waals surface area contributed by atoms with Crippen LogP contribution in [0.1, 0.15) is 6.92 Å². The summed E-state index contributed by atoms with van der Waals surface area (Å²) in [5.41, 5.74) is 0.645. The molecule has 2 aromatic heterocycles. The van der Waals surface area contributed by atoms with Crippen molar-refractivity contribution in [3.05, 3.63) is 30.7 Å². The van der Waals surface area contributed by atoms with Crippen molar-refractivity contribution in [2.75, 3.05) is 18.1 Å². The molecule has 0 aromatic carbocycles. The van der Waals surface area contributed by atoms with E-state index >= 15 is 0 Å². The number of hydrogen-bond donors (Lipinski definition) is 1. The number of amides is 1. The fourth-order valence-electron chi connectivity index (χ4n) is 2.49. The number of morpholine rings is 1. The first-order chi connectivity index (χ1) is 12.5. The van der Waals surface area contributed by atoms with Crippen molar-refractivity contribution in [1.29, 1.82) is 0 Å². The Morgan fingerprint density at radius 1 is 1.38 bits per heavy atom. The number of ether oxygens (including phenoxy) is 2. The topological polar surface area (TPSA) is 137 Å². The van der Waals surface area contributed by atoms with Crippen LogP contribution in [0.2, 0.25) is 0 Å². The second kappa shape index (κ2) is 7.27. The van der Waals surface area contributed by atoms with Gasteiger partial charge in [0.15, 0.2) is 11.9 Å². The van der Waals surface area contributed by atoms with Gasteiger partial charge in [-0.15, -0.1) is 5.10 Å². The van der Waals surface area contributed by atoms with Crippen molar-refractivity contribution in [1.82, 2.24) is 20.0 Å². The van der Waals surface area contributed by atoms with Crippen LogP contribution in [0.3, 0.4) is 0 Å². The maximum Gasteiger partial charge on any atom is 0.348 e. The molecule has 26 heavy (non-hydrogen) atoms. The van der Waals surface area contributed by atoms with Crippen molar-refractivity contribution in [2.45, 2.75) is 19.1 Å². The van der Waals surface area contributed by atoms with E-state index in [4.69, 9.17) is 9.47 Å². The molecule has 11 heteroatoms. The first-order valence-electron chi connectivity index (χ1n) is 7.63. The number of aromatic nitrogens is 4. The van der Waals surface area contributed by atoms with Gasteiger partial charge in [0.1, 0.15) is 0 Å². The average molecular weight is 361 g/mol. The fourth-order valence-corrected chi connectivity index (χ4v) is 2.49. The molecule has 1 amide bonds. The third-order valence-corrected chi connectivity index (χ3v) is 3.62. The summed E-state index contributed by atoms with van der Waals surface area (Å²) in [6.45, 7) is 1.32. The number of carbonyl (C=O) groups is 3. The van der Waals surface area contributed by atoms with Gasteiger partial charge in [-0.2, -0.15) is 10.2 Å². The van der Waals surface area contributed by atoms with Crippen molar-refractivity contribution in [2.24, 2.45) is 0 Å². The fraction of sp³-hybridized carbons (Fsp3) is 0.333. The van der Waals surface area contributed by atoms with E-state index in [1.54, 1.807) is 18.3 Å². The zero-order valence-electron chi connectivity index (χ0n) is 13.7. The summed E-state index contributed by atoms with van der Waals surface area (Å²) in [7, 11) is 0. The highest BCUT2D eigenvalue weighted by molar-refractivity contribution is 5.99. The zero-order chi connectivity index (χ0) is 18.7. The molecule has 0 bridgehead atoms. The Bertz CT molecular complexity index is 823. The van der Waals surface area contributed by atoms with Gasteiger partial charge in [0.25, 0.3) is 5.91 Å². The minimum atomic E-state index is -1.73. The second-order valence-electron chi connectivity index (χ2n) is 5.37. The number of hydrogen-bond acceptors (Lipinski definition) is 8. The Morgan fingerprint density at radius 3 is 2.85 bits per heavy atom. The van der Waals surface area contributed by atoms with Crippen LogP contribution in [0.25, 0.3) is 5.69 Å². The molecule has 0 radical (unpaired) electrons. The third-order valence-electron chi connectivity index (χ3n) is 3.62. The summed E-state index contributed by atoms with van der Waals surface area (Å²) in [6.07, 6.45) is 1.46. The first kappa shape index (κ1) is 17.5. The summed E-state index contributed by atoms with van der Waals surface area (Å²) < 4.78 is 11.5. The second-order valence-corrected chi connectivity index (χ2v) is 5.37. The normalized spacial score (nSPS) is 18.4. The number of esters is 1. The van der Waals surface area contributed by atoms with E-state index in [1.165, 1.54) is 22.0 Å². The van der Waals surface area contributed by atoms with Gasteiger partial charge in [-0.05, 0) is 6.07 Å². The number of rotatable bonds is 5. The van der Waals surface area contributed by atoms with Crippen LogP contribution in [-0.4, -0.2) is 68.3 Å². The summed E-state index contributed by atoms with van der Waals surface area (Å²) in [6, 6.07) is 3.29. The Kier molecular flexibility index (Phi) is 4.89. The van der Waals surface area contributed by atoms with Crippen LogP contribution in [0, 0.1) is 0 Å². The minimum absolute atomic E-state index is 0.0745. The molecule has 1 unspecified atom stereocenters.